The number of benzene rings is 2. The average molecular weight is 380 g/mol. The second kappa shape index (κ2) is 8.27. The van der Waals surface area contributed by atoms with E-state index in [4.69, 9.17) is 10.5 Å². The summed E-state index contributed by atoms with van der Waals surface area (Å²) in [5.74, 6) is -0.537. The van der Waals surface area contributed by atoms with Gasteiger partial charge in [-0.05, 0) is 29.2 Å². The van der Waals surface area contributed by atoms with Gasteiger partial charge in [0.05, 0.1) is 7.11 Å². The third-order valence-electron chi connectivity index (χ3n) is 4.80. The Labute approximate surface area is 164 Å². The van der Waals surface area contributed by atoms with Gasteiger partial charge in [0.25, 0.3) is 0 Å². The van der Waals surface area contributed by atoms with Gasteiger partial charge in [-0.2, -0.15) is 0 Å². The van der Waals surface area contributed by atoms with Gasteiger partial charge in [0, 0.05) is 12.5 Å². The lowest BCUT2D eigenvalue weighted by Gasteiger charge is -2.16. The molecule has 0 saturated heterocycles. The molecule has 0 radical (unpaired) electrons. The Hall–Kier alpha value is -3.12. The lowest BCUT2D eigenvalue weighted by atomic mass is 9.98. The van der Waals surface area contributed by atoms with Gasteiger partial charge in [-0.15, -0.1) is 0 Å². The van der Waals surface area contributed by atoms with Crippen LogP contribution in [0.3, 0.4) is 0 Å². The van der Waals surface area contributed by atoms with Crippen LogP contribution in [0.4, 0.5) is 4.79 Å². The molecule has 28 heavy (non-hydrogen) atoms. The van der Waals surface area contributed by atoms with Crippen LogP contribution in [0.1, 0.15) is 24.0 Å². The van der Waals surface area contributed by atoms with Crippen molar-refractivity contribution in [1.82, 2.24) is 5.32 Å². The minimum atomic E-state index is -1.24. The SMILES string of the molecule is COC(=O)[C@@](C)(N)/C=C/CNC(=O)OCC1c2ccccc2-c2ccccc21. The van der Waals surface area contributed by atoms with Crippen molar-refractivity contribution in [2.75, 3.05) is 20.3 Å². The largest absolute Gasteiger partial charge is 0.467 e. The number of esters is 1. The fourth-order valence-electron chi connectivity index (χ4n) is 3.38. The minimum absolute atomic E-state index is 0.0142. The third kappa shape index (κ3) is 4.07. The van der Waals surface area contributed by atoms with Crippen LogP contribution in [0, 0.1) is 0 Å². The smallest absolute Gasteiger partial charge is 0.407 e. The van der Waals surface area contributed by atoms with Crippen LogP contribution in [0.15, 0.2) is 60.7 Å². The number of methoxy groups -OCH3 is 1. The van der Waals surface area contributed by atoms with Crippen LogP contribution < -0.4 is 11.1 Å². The number of ether oxygens (including phenoxy) is 2. The van der Waals surface area contributed by atoms with Gasteiger partial charge in [0.1, 0.15) is 12.1 Å². The third-order valence-corrected chi connectivity index (χ3v) is 4.80. The average Bonchev–Trinajstić information content (AvgIpc) is 3.03. The summed E-state index contributed by atoms with van der Waals surface area (Å²) in [5.41, 5.74) is 9.26. The molecule has 3 rings (SSSR count). The number of nitrogens with one attached hydrogen (secondary N) is 1. The number of hydrogen-bond acceptors (Lipinski definition) is 5. The molecule has 1 atom stereocenters. The summed E-state index contributed by atoms with van der Waals surface area (Å²) in [5, 5.41) is 2.63. The summed E-state index contributed by atoms with van der Waals surface area (Å²) in [4.78, 5) is 23.6. The van der Waals surface area contributed by atoms with Gasteiger partial charge in [0.15, 0.2) is 0 Å². The molecule has 0 fully saturated rings. The van der Waals surface area contributed by atoms with Crippen LogP contribution >= 0.6 is 0 Å². The van der Waals surface area contributed by atoms with Gasteiger partial charge in [-0.1, -0.05) is 60.7 Å². The Morgan fingerprint density at radius 2 is 1.68 bits per heavy atom. The number of rotatable bonds is 6. The molecule has 1 aliphatic carbocycles. The van der Waals surface area contributed by atoms with Gasteiger partial charge in [-0.25, -0.2) is 9.59 Å². The molecule has 0 unspecified atom stereocenters. The molecular weight excluding hydrogens is 356 g/mol. The van der Waals surface area contributed by atoms with Crippen molar-refractivity contribution in [1.29, 1.82) is 0 Å². The molecule has 0 aromatic heterocycles. The first-order valence-electron chi connectivity index (χ1n) is 9.08. The predicted octanol–water partition coefficient (Wildman–Crippen LogP) is 2.97. The molecule has 0 spiro atoms. The van der Waals surface area contributed by atoms with E-state index in [9.17, 15) is 9.59 Å². The summed E-state index contributed by atoms with van der Waals surface area (Å²) in [6, 6.07) is 16.3. The molecule has 2 aromatic carbocycles. The first-order valence-corrected chi connectivity index (χ1v) is 9.08. The van der Waals surface area contributed by atoms with E-state index < -0.39 is 17.6 Å². The Morgan fingerprint density at radius 3 is 2.25 bits per heavy atom. The predicted molar refractivity (Wildman–Crippen MR) is 107 cm³/mol. The highest BCUT2D eigenvalue weighted by Gasteiger charge is 2.29. The van der Waals surface area contributed by atoms with E-state index in [0.29, 0.717) is 0 Å². The first-order chi connectivity index (χ1) is 13.4. The Kier molecular flexibility index (Phi) is 5.80. The Morgan fingerprint density at radius 1 is 1.11 bits per heavy atom. The monoisotopic (exact) mass is 380 g/mol. The molecule has 0 saturated carbocycles. The maximum absolute atomic E-state index is 12.0. The highest BCUT2D eigenvalue weighted by Crippen LogP contribution is 2.44. The van der Waals surface area contributed by atoms with E-state index in [-0.39, 0.29) is 19.1 Å². The standard InChI is InChI=1S/C22H24N2O4/c1-22(23,20(25)27-2)12-7-13-24-21(26)28-14-19-17-10-5-3-8-15(17)16-9-4-6-11-18(16)19/h3-12,19H,13-14,23H2,1-2H3,(H,24,26)/b12-7+/t22-/m0/s1. The van der Waals surface area contributed by atoms with Gasteiger partial charge >= 0.3 is 12.1 Å². The molecule has 146 valence electrons. The zero-order chi connectivity index (χ0) is 20.1. The quantitative estimate of drug-likeness (QED) is 0.594. The van der Waals surface area contributed by atoms with Crippen molar-refractivity contribution in [3.8, 4) is 11.1 Å². The molecule has 3 N–H and O–H groups in total. The molecule has 6 heteroatoms. The highest BCUT2D eigenvalue weighted by molar-refractivity contribution is 5.82. The molecule has 0 aliphatic heterocycles. The minimum Gasteiger partial charge on any atom is -0.467 e. The number of hydrogen-bond donors (Lipinski definition) is 2. The zero-order valence-electron chi connectivity index (χ0n) is 16.0. The zero-order valence-corrected chi connectivity index (χ0v) is 16.0. The van der Waals surface area contributed by atoms with Crippen molar-refractivity contribution in [2.45, 2.75) is 18.4 Å². The van der Waals surface area contributed by atoms with Crippen LogP contribution in [0.25, 0.3) is 11.1 Å². The molecule has 2 aromatic rings. The van der Waals surface area contributed by atoms with Crippen molar-refractivity contribution in [3.63, 3.8) is 0 Å². The summed E-state index contributed by atoms with van der Waals surface area (Å²) < 4.78 is 10.1. The first kappa shape index (κ1) is 19.6. The number of carbonyl (C=O) groups is 2. The fourth-order valence-corrected chi connectivity index (χ4v) is 3.38. The van der Waals surface area contributed by atoms with Crippen LogP contribution in [0.5, 0.6) is 0 Å². The Balaban J connectivity index is 1.56. The van der Waals surface area contributed by atoms with Crippen molar-refractivity contribution >= 4 is 12.1 Å². The number of nitrogens with two attached hydrogens (primary N) is 1. The van der Waals surface area contributed by atoms with Crippen LogP contribution in [0.2, 0.25) is 0 Å². The molecule has 1 aliphatic rings. The van der Waals surface area contributed by atoms with Crippen molar-refractivity contribution < 1.29 is 19.1 Å². The molecule has 1 amide bonds. The molecule has 6 nitrogen and oxygen atoms in total. The molecule has 0 bridgehead atoms. The van der Waals surface area contributed by atoms with E-state index in [0.717, 1.165) is 11.1 Å². The summed E-state index contributed by atoms with van der Waals surface area (Å²) in [6.07, 6.45) is 2.56. The van der Waals surface area contributed by atoms with Crippen LogP contribution in [-0.4, -0.2) is 37.9 Å². The van der Waals surface area contributed by atoms with Crippen molar-refractivity contribution in [2.24, 2.45) is 5.73 Å². The number of fused-ring (bicyclic) bond motifs is 3. The van der Waals surface area contributed by atoms with Crippen molar-refractivity contribution in [3.05, 3.63) is 71.8 Å². The van der Waals surface area contributed by atoms with Crippen LogP contribution in [-0.2, 0) is 14.3 Å². The number of alkyl carbamates (subject to hydrolysis) is 1. The number of carbonyl (C=O) groups excluding carboxylic acids is 2. The second-order valence-electron chi connectivity index (χ2n) is 6.88. The molecule has 0 heterocycles. The lowest BCUT2D eigenvalue weighted by molar-refractivity contribution is -0.144. The highest BCUT2D eigenvalue weighted by atomic mass is 16.5. The Bertz CT molecular complexity index is 859. The van der Waals surface area contributed by atoms with Gasteiger partial charge in [-0.3, -0.25) is 0 Å². The van der Waals surface area contributed by atoms with E-state index in [2.05, 4.69) is 34.3 Å². The topological polar surface area (TPSA) is 90.6 Å². The summed E-state index contributed by atoms with van der Waals surface area (Å²) in [6.45, 7) is 1.98. The lowest BCUT2D eigenvalue weighted by Crippen LogP contribution is -2.43. The molecular formula is C22H24N2O4. The van der Waals surface area contributed by atoms with E-state index in [1.165, 1.54) is 31.2 Å². The van der Waals surface area contributed by atoms with Gasteiger partial charge in [0.2, 0.25) is 0 Å². The fraction of sp³-hybridized carbons (Fsp3) is 0.273. The second-order valence-corrected chi connectivity index (χ2v) is 6.88. The summed E-state index contributed by atoms with van der Waals surface area (Å²) in [7, 11) is 1.27. The van der Waals surface area contributed by atoms with E-state index in [1.807, 2.05) is 24.3 Å². The van der Waals surface area contributed by atoms with Gasteiger partial charge < -0.3 is 20.5 Å². The maximum atomic E-state index is 12.0. The number of amides is 1. The summed E-state index contributed by atoms with van der Waals surface area (Å²) >= 11 is 0. The maximum Gasteiger partial charge on any atom is 0.407 e. The van der Waals surface area contributed by atoms with E-state index >= 15 is 0 Å². The normalized spacial score (nSPS) is 14.8. The van der Waals surface area contributed by atoms with E-state index in [1.54, 1.807) is 6.08 Å².